The van der Waals surface area contributed by atoms with Crippen LogP contribution in [-0.4, -0.2) is 76.5 Å². The molecular weight excluding hydrogens is 370 g/mol. The molecule has 0 saturated carbocycles. The minimum Gasteiger partial charge on any atom is -0.486 e. The van der Waals surface area contributed by atoms with E-state index in [0.29, 0.717) is 37.8 Å². The molecule has 0 spiro atoms. The third-order valence-corrected chi connectivity index (χ3v) is 5.85. The summed E-state index contributed by atoms with van der Waals surface area (Å²) >= 11 is 0. The van der Waals surface area contributed by atoms with Gasteiger partial charge in [-0.25, -0.2) is 8.42 Å². The molecule has 1 N–H and O–H groups in total. The first-order chi connectivity index (χ1) is 11.5. The van der Waals surface area contributed by atoms with Gasteiger partial charge >= 0.3 is 0 Å². The van der Waals surface area contributed by atoms with Gasteiger partial charge in [0, 0.05) is 39.3 Å². The molecule has 140 valence electrons. The second kappa shape index (κ2) is 8.22. The molecule has 10 heteroatoms. The van der Waals surface area contributed by atoms with Gasteiger partial charge in [0.15, 0.2) is 11.5 Å². The summed E-state index contributed by atoms with van der Waals surface area (Å²) in [6, 6.07) is 4.48. The number of benzene rings is 1. The second-order valence-corrected chi connectivity index (χ2v) is 7.74. The highest BCUT2D eigenvalue weighted by Crippen LogP contribution is 2.32. The minimum atomic E-state index is -3.77. The molecule has 0 aromatic heterocycles. The number of nitrogens with one attached hydrogen (secondary N) is 1. The Balaban J connectivity index is 0.00000225. The van der Waals surface area contributed by atoms with E-state index in [1.807, 2.05) is 0 Å². The Morgan fingerprint density at radius 3 is 2.52 bits per heavy atom. The Kier molecular flexibility index (Phi) is 6.50. The van der Waals surface area contributed by atoms with E-state index in [-0.39, 0.29) is 29.8 Å². The summed E-state index contributed by atoms with van der Waals surface area (Å²) in [6.45, 7) is 3.28. The first-order valence-electron chi connectivity index (χ1n) is 7.83. The van der Waals surface area contributed by atoms with Crippen molar-refractivity contribution in [1.82, 2.24) is 14.5 Å². The second-order valence-electron chi connectivity index (χ2n) is 5.70. The van der Waals surface area contributed by atoms with Gasteiger partial charge in [-0.15, -0.1) is 12.4 Å². The van der Waals surface area contributed by atoms with Crippen LogP contribution < -0.4 is 14.8 Å². The first kappa shape index (κ1) is 19.8. The smallest absolute Gasteiger partial charge is 0.243 e. The maximum Gasteiger partial charge on any atom is 0.243 e. The van der Waals surface area contributed by atoms with E-state index in [1.165, 1.54) is 19.2 Å². The number of ether oxygens (including phenoxy) is 2. The summed E-state index contributed by atoms with van der Waals surface area (Å²) in [6.07, 6.45) is 0. The number of hydrogen-bond acceptors (Lipinski definition) is 6. The van der Waals surface area contributed by atoms with Crippen LogP contribution in [-0.2, 0) is 14.8 Å². The van der Waals surface area contributed by atoms with Crippen LogP contribution in [0.1, 0.15) is 0 Å². The van der Waals surface area contributed by atoms with Crippen LogP contribution in [0.5, 0.6) is 11.5 Å². The fourth-order valence-electron chi connectivity index (χ4n) is 2.65. The van der Waals surface area contributed by atoms with Crippen molar-refractivity contribution in [2.24, 2.45) is 0 Å². The molecular formula is C15H22ClN3O5S. The summed E-state index contributed by atoms with van der Waals surface area (Å²) in [5, 5.41) is 3.16. The van der Waals surface area contributed by atoms with E-state index in [0.717, 1.165) is 17.4 Å². The Labute approximate surface area is 153 Å². The van der Waals surface area contributed by atoms with Gasteiger partial charge in [0.2, 0.25) is 15.9 Å². The first-order valence-corrected chi connectivity index (χ1v) is 9.27. The standard InChI is InChI=1S/C15H21N3O5S.ClH/c1-17(11-15(19)18-6-4-16-5-7-18)24(20,21)12-2-3-13-14(10-12)23-9-8-22-13;/h2-3,10,16H,4-9,11H2,1H3;1H. The van der Waals surface area contributed by atoms with Gasteiger partial charge in [-0.2, -0.15) is 4.31 Å². The molecule has 1 fully saturated rings. The van der Waals surface area contributed by atoms with Crippen LogP contribution in [0.25, 0.3) is 0 Å². The van der Waals surface area contributed by atoms with Crippen LogP contribution in [0.4, 0.5) is 0 Å². The number of carbonyl (C=O) groups excluding carboxylic acids is 1. The third kappa shape index (κ3) is 4.35. The minimum absolute atomic E-state index is 0. The van der Waals surface area contributed by atoms with Crippen molar-refractivity contribution in [1.29, 1.82) is 0 Å². The maximum absolute atomic E-state index is 12.7. The quantitative estimate of drug-likeness (QED) is 0.773. The molecule has 8 nitrogen and oxygen atoms in total. The zero-order valence-electron chi connectivity index (χ0n) is 13.9. The predicted molar refractivity (Wildman–Crippen MR) is 93.9 cm³/mol. The molecule has 0 aliphatic carbocycles. The van der Waals surface area contributed by atoms with Gasteiger partial charge in [-0.3, -0.25) is 4.79 Å². The Morgan fingerprint density at radius 1 is 1.20 bits per heavy atom. The monoisotopic (exact) mass is 391 g/mol. The molecule has 1 saturated heterocycles. The fourth-order valence-corrected chi connectivity index (χ4v) is 3.79. The molecule has 3 rings (SSSR count). The maximum atomic E-state index is 12.7. The van der Waals surface area contributed by atoms with Crippen LogP contribution in [0.3, 0.4) is 0 Å². The topological polar surface area (TPSA) is 88.2 Å². The summed E-state index contributed by atoms with van der Waals surface area (Å²) in [4.78, 5) is 14.0. The number of nitrogens with zero attached hydrogens (tertiary/aromatic N) is 2. The van der Waals surface area contributed by atoms with Gasteiger partial charge in [0.05, 0.1) is 11.4 Å². The Hall–Kier alpha value is -1.55. The number of carbonyl (C=O) groups is 1. The lowest BCUT2D eigenvalue weighted by molar-refractivity contribution is -0.131. The number of rotatable bonds is 4. The molecule has 0 atom stereocenters. The normalized spacial score (nSPS) is 17.1. The highest BCUT2D eigenvalue weighted by atomic mass is 35.5. The zero-order chi connectivity index (χ0) is 17.2. The lowest BCUT2D eigenvalue weighted by atomic mass is 10.3. The van der Waals surface area contributed by atoms with E-state index in [9.17, 15) is 13.2 Å². The van der Waals surface area contributed by atoms with Crippen molar-refractivity contribution in [3.63, 3.8) is 0 Å². The fraction of sp³-hybridized carbons (Fsp3) is 0.533. The number of likely N-dealkylation sites (N-methyl/N-ethyl adjacent to an activating group) is 1. The lowest BCUT2D eigenvalue weighted by Gasteiger charge is -2.29. The molecule has 2 heterocycles. The Bertz CT molecular complexity index is 722. The van der Waals surface area contributed by atoms with Crippen molar-refractivity contribution >= 4 is 28.3 Å². The van der Waals surface area contributed by atoms with E-state index >= 15 is 0 Å². The van der Waals surface area contributed by atoms with Crippen LogP contribution >= 0.6 is 12.4 Å². The predicted octanol–water partition coefficient (Wildman–Crippen LogP) is -0.0681. The number of sulfonamides is 1. The number of halogens is 1. The van der Waals surface area contributed by atoms with Gasteiger partial charge in [0.25, 0.3) is 0 Å². The SMILES string of the molecule is CN(CC(=O)N1CCNCC1)S(=O)(=O)c1ccc2c(c1)OCCO2.Cl. The zero-order valence-corrected chi connectivity index (χ0v) is 15.6. The van der Waals surface area contributed by atoms with E-state index in [2.05, 4.69) is 5.32 Å². The lowest BCUT2D eigenvalue weighted by Crippen LogP contribution is -2.49. The van der Waals surface area contributed by atoms with Gasteiger partial charge in [-0.05, 0) is 12.1 Å². The molecule has 0 radical (unpaired) electrons. The molecule has 2 aliphatic heterocycles. The largest absolute Gasteiger partial charge is 0.486 e. The average molecular weight is 392 g/mol. The summed E-state index contributed by atoms with van der Waals surface area (Å²) in [7, 11) is -2.36. The highest BCUT2D eigenvalue weighted by molar-refractivity contribution is 7.89. The van der Waals surface area contributed by atoms with Crippen molar-refractivity contribution < 1.29 is 22.7 Å². The van der Waals surface area contributed by atoms with E-state index in [4.69, 9.17) is 9.47 Å². The van der Waals surface area contributed by atoms with E-state index in [1.54, 1.807) is 11.0 Å². The highest BCUT2D eigenvalue weighted by Gasteiger charge is 2.27. The summed E-state index contributed by atoms with van der Waals surface area (Å²) in [5.74, 6) is 0.740. The molecule has 1 aromatic carbocycles. The van der Waals surface area contributed by atoms with Crippen LogP contribution in [0, 0.1) is 0 Å². The van der Waals surface area contributed by atoms with Gasteiger partial charge in [-0.1, -0.05) is 0 Å². The number of fused-ring (bicyclic) bond motifs is 1. The molecule has 1 aromatic rings. The third-order valence-electron chi connectivity index (χ3n) is 4.05. The van der Waals surface area contributed by atoms with Crippen LogP contribution in [0.15, 0.2) is 23.1 Å². The van der Waals surface area contributed by atoms with Gasteiger partial charge in [0.1, 0.15) is 13.2 Å². The molecule has 2 aliphatic rings. The molecule has 25 heavy (non-hydrogen) atoms. The molecule has 0 unspecified atom stereocenters. The average Bonchev–Trinajstić information content (AvgIpc) is 2.61. The molecule has 0 bridgehead atoms. The van der Waals surface area contributed by atoms with E-state index < -0.39 is 10.0 Å². The summed E-state index contributed by atoms with van der Waals surface area (Å²) < 4.78 is 37.3. The number of piperazine rings is 1. The Morgan fingerprint density at radius 2 is 1.84 bits per heavy atom. The van der Waals surface area contributed by atoms with Crippen LogP contribution in [0.2, 0.25) is 0 Å². The number of hydrogen-bond donors (Lipinski definition) is 1. The van der Waals surface area contributed by atoms with Gasteiger partial charge < -0.3 is 19.7 Å². The summed E-state index contributed by atoms with van der Waals surface area (Å²) in [5.41, 5.74) is 0. The van der Waals surface area contributed by atoms with Crippen molar-refractivity contribution in [3.8, 4) is 11.5 Å². The van der Waals surface area contributed by atoms with Crippen molar-refractivity contribution in [3.05, 3.63) is 18.2 Å². The van der Waals surface area contributed by atoms with Crippen molar-refractivity contribution in [2.75, 3.05) is 53.0 Å². The van der Waals surface area contributed by atoms with Crippen molar-refractivity contribution in [2.45, 2.75) is 4.90 Å². The molecule has 1 amide bonds. The number of amides is 1.